The third-order valence-corrected chi connectivity index (χ3v) is 4.27. The monoisotopic (exact) mass is 271 g/mol. The van der Waals surface area contributed by atoms with Crippen LogP contribution in [0, 0.1) is 6.92 Å². The van der Waals surface area contributed by atoms with Crippen molar-refractivity contribution in [2.45, 2.75) is 13.8 Å². The number of benzene rings is 1. The summed E-state index contributed by atoms with van der Waals surface area (Å²) in [5.41, 5.74) is 1.16. The van der Waals surface area contributed by atoms with Crippen LogP contribution in [0.25, 0.3) is 0 Å². The van der Waals surface area contributed by atoms with Gasteiger partial charge in [-0.25, -0.2) is 8.42 Å². The van der Waals surface area contributed by atoms with Gasteiger partial charge in [0.1, 0.15) is 12.4 Å². The second kappa shape index (κ2) is 7.38. The largest absolute Gasteiger partial charge is 0.492 e. The van der Waals surface area contributed by atoms with Crippen LogP contribution < -0.4 is 10.1 Å². The molecule has 0 bridgehead atoms. The molecule has 0 amide bonds. The summed E-state index contributed by atoms with van der Waals surface area (Å²) in [6, 6.07) is 7.85. The highest BCUT2D eigenvalue weighted by molar-refractivity contribution is 7.91. The molecule has 18 heavy (non-hydrogen) atoms. The van der Waals surface area contributed by atoms with Crippen molar-refractivity contribution in [1.82, 2.24) is 5.32 Å². The molecule has 0 aromatic heterocycles. The van der Waals surface area contributed by atoms with E-state index in [2.05, 4.69) is 5.32 Å². The molecule has 0 unspecified atom stereocenters. The van der Waals surface area contributed by atoms with Crippen molar-refractivity contribution < 1.29 is 13.2 Å². The number of hydrogen-bond donors (Lipinski definition) is 1. The molecule has 0 saturated carbocycles. The van der Waals surface area contributed by atoms with Gasteiger partial charge in [0.05, 0.1) is 5.75 Å². The molecule has 1 aromatic carbocycles. The molecule has 0 saturated heterocycles. The minimum Gasteiger partial charge on any atom is -0.492 e. The van der Waals surface area contributed by atoms with Gasteiger partial charge in [0.2, 0.25) is 0 Å². The van der Waals surface area contributed by atoms with Crippen LogP contribution >= 0.6 is 0 Å². The molecule has 1 N–H and O–H groups in total. The minimum absolute atomic E-state index is 0.188. The molecule has 0 aliphatic rings. The van der Waals surface area contributed by atoms with Crippen LogP contribution in [-0.2, 0) is 9.84 Å². The Morgan fingerprint density at radius 3 is 2.72 bits per heavy atom. The molecule has 0 fully saturated rings. The van der Waals surface area contributed by atoms with Crippen LogP contribution in [0.1, 0.15) is 12.5 Å². The maximum atomic E-state index is 11.2. The molecule has 1 aromatic rings. The number of ether oxygens (including phenoxy) is 1. The van der Waals surface area contributed by atoms with Crippen molar-refractivity contribution in [2.24, 2.45) is 0 Å². The van der Waals surface area contributed by atoms with Crippen LogP contribution in [0.4, 0.5) is 0 Å². The van der Waals surface area contributed by atoms with Gasteiger partial charge in [-0.1, -0.05) is 19.1 Å². The summed E-state index contributed by atoms with van der Waals surface area (Å²) >= 11 is 0. The lowest BCUT2D eigenvalue weighted by Crippen LogP contribution is -2.27. The van der Waals surface area contributed by atoms with Crippen molar-refractivity contribution in [3.05, 3.63) is 29.8 Å². The van der Waals surface area contributed by atoms with E-state index in [1.807, 2.05) is 31.2 Å². The van der Waals surface area contributed by atoms with Gasteiger partial charge in [0, 0.05) is 18.8 Å². The van der Waals surface area contributed by atoms with Gasteiger partial charge in [0.25, 0.3) is 0 Å². The Labute approximate surface area is 109 Å². The van der Waals surface area contributed by atoms with E-state index in [-0.39, 0.29) is 11.5 Å². The van der Waals surface area contributed by atoms with Crippen LogP contribution in [0.3, 0.4) is 0 Å². The zero-order chi connectivity index (χ0) is 13.4. The van der Waals surface area contributed by atoms with E-state index in [0.29, 0.717) is 19.7 Å². The summed E-state index contributed by atoms with van der Waals surface area (Å²) in [6.45, 7) is 5.34. The Hall–Kier alpha value is -1.07. The van der Waals surface area contributed by atoms with Gasteiger partial charge in [-0.05, 0) is 24.6 Å². The van der Waals surface area contributed by atoms with E-state index in [1.165, 1.54) is 0 Å². The molecule has 0 aliphatic heterocycles. The number of aryl methyl sites for hydroxylation is 1. The fraction of sp³-hybridized carbons (Fsp3) is 0.538. The predicted molar refractivity (Wildman–Crippen MR) is 73.9 cm³/mol. The summed E-state index contributed by atoms with van der Waals surface area (Å²) in [4.78, 5) is 0. The highest BCUT2D eigenvalue weighted by Gasteiger charge is 2.05. The van der Waals surface area contributed by atoms with Gasteiger partial charge in [0.15, 0.2) is 9.84 Å². The Morgan fingerprint density at radius 2 is 2.06 bits per heavy atom. The molecule has 4 nitrogen and oxygen atoms in total. The highest BCUT2D eigenvalue weighted by atomic mass is 32.2. The predicted octanol–water partition coefficient (Wildman–Crippen LogP) is 1.40. The molecular formula is C13H21NO3S. The molecule has 0 aliphatic carbocycles. The molecule has 102 valence electrons. The molecule has 0 atom stereocenters. The number of rotatable bonds is 8. The Kier molecular flexibility index (Phi) is 6.15. The van der Waals surface area contributed by atoms with Crippen LogP contribution in [0.5, 0.6) is 5.75 Å². The van der Waals surface area contributed by atoms with Crippen molar-refractivity contribution in [3.8, 4) is 5.75 Å². The zero-order valence-corrected chi connectivity index (χ0v) is 11.8. The van der Waals surface area contributed by atoms with Crippen LogP contribution in [0.15, 0.2) is 24.3 Å². The fourth-order valence-electron chi connectivity index (χ4n) is 1.44. The topological polar surface area (TPSA) is 55.4 Å². The Bertz CT molecular complexity index is 457. The standard InChI is InChI=1S/C13H21NO3S/c1-3-18(15,16)10-8-14-7-9-17-13-6-4-5-12(2)11-13/h4-6,11,14H,3,7-10H2,1-2H3. The molecule has 0 heterocycles. The number of nitrogens with one attached hydrogen (secondary N) is 1. The maximum absolute atomic E-state index is 11.2. The van der Waals surface area contributed by atoms with Crippen molar-refractivity contribution in [1.29, 1.82) is 0 Å². The third kappa shape index (κ3) is 6.02. The van der Waals surface area contributed by atoms with Gasteiger partial charge in [-0.15, -0.1) is 0 Å². The average Bonchev–Trinajstić information content (AvgIpc) is 2.34. The molecule has 5 heteroatoms. The summed E-state index contributed by atoms with van der Waals surface area (Å²) in [5.74, 6) is 1.24. The average molecular weight is 271 g/mol. The summed E-state index contributed by atoms with van der Waals surface area (Å²) in [6.07, 6.45) is 0. The first-order chi connectivity index (χ1) is 8.53. The molecular weight excluding hydrogens is 250 g/mol. The minimum atomic E-state index is -2.87. The first-order valence-corrected chi connectivity index (χ1v) is 7.96. The second-order valence-electron chi connectivity index (χ2n) is 4.15. The third-order valence-electron chi connectivity index (χ3n) is 2.57. The van der Waals surface area contributed by atoms with Crippen molar-refractivity contribution in [2.75, 3.05) is 31.2 Å². The Balaban J connectivity index is 2.13. The zero-order valence-electron chi connectivity index (χ0n) is 11.0. The van der Waals surface area contributed by atoms with Crippen LogP contribution in [-0.4, -0.2) is 39.6 Å². The summed E-state index contributed by atoms with van der Waals surface area (Å²) < 4.78 is 28.0. The quantitative estimate of drug-likeness (QED) is 0.726. The van der Waals surface area contributed by atoms with E-state index >= 15 is 0 Å². The smallest absolute Gasteiger partial charge is 0.151 e. The molecule has 0 radical (unpaired) electrons. The van der Waals surface area contributed by atoms with Gasteiger partial charge < -0.3 is 10.1 Å². The fourth-order valence-corrected chi connectivity index (χ4v) is 2.19. The Morgan fingerprint density at radius 1 is 1.28 bits per heavy atom. The maximum Gasteiger partial charge on any atom is 0.151 e. The van der Waals surface area contributed by atoms with E-state index in [0.717, 1.165) is 11.3 Å². The van der Waals surface area contributed by atoms with Crippen molar-refractivity contribution in [3.63, 3.8) is 0 Å². The van der Waals surface area contributed by atoms with E-state index in [4.69, 9.17) is 4.74 Å². The highest BCUT2D eigenvalue weighted by Crippen LogP contribution is 2.11. The number of sulfone groups is 1. The van der Waals surface area contributed by atoms with E-state index in [9.17, 15) is 8.42 Å². The molecule has 1 rings (SSSR count). The van der Waals surface area contributed by atoms with Crippen LogP contribution in [0.2, 0.25) is 0 Å². The number of hydrogen-bond acceptors (Lipinski definition) is 4. The summed E-state index contributed by atoms with van der Waals surface area (Å²) in [5, 5.41) is 3.06. The van der Waals surface area contributed by atoms with Gasteiger partial charge in [-0.2, -0.15) is 0 Å². The lowest BCUT2D eigenvalue weighted by atomic mass is 10.2. The van der Waals surface area contributed by atoms with Crippen molar-refractivity contribution >= 4 is 9.84 Å². The first-order valence-electron chi connectivity index (χ1n) is 6.14. The molecule has 0 spiro atoms. The van der Waals surface area contributed by atoms with Gasteiger partial charge in [-0.3, -0.25) is 0 Å². The lowest BCUT2D eigenvalue weighted by Gasteiger charge is -2.08. The van der Waals surface area contributed by atoms with E-state index < -0.39 is 9.84 Å². The second-order valence-corrected chi connectivity index (χ2v) is 6.62. The van der Waals surface area contributed by atoms with E-state index in [1.54, 1.807) is 6.92 Å². The van der Waals surface area contributed by atoms with Gasteiger partial charge >= 0.3 is 0 Å². The lowest BCUT2D eigenvalue weighted by molar-refractivity contribution is 0.315. The SMILES string of the molecule is CCS(=O)(=O)CCNCCOc1cccc(C)c1. The first kappa shape index (κ1) is 15.0. The summed E-state index contributed by atoms with van der Waals surface area (Å²) in [7, 11) is -2.87. The normalized spacial score (nSPS) is 11.4.